The molecule has 1 aromatic rings. The summed E-state index contributed by atoms with van der Waals surface area (Å²) in [5.41, 5.74) is 0.961. The zero-order chi connectivity index (χ0) is 17.4. The van der Waals surface area contributed by atoms with Gasteiger partial charge in [0.15, 0.2) is 0 Å². The van der Waals surface area contributed by atoms with Gasteiger partial charge in [-0.2, -0.15) is 0 Å². The third-order valence-electron chi connectivity index (χ3n) is 6.10. The molecule has 0 bridgehead atoms. The summed E-state index contributed by atoms with van der Waals surface area (Å²) >= 11 is 0. The molecule has 136 valence electrons. The Hall–Kier alpha value is -0.880. The van der Waals surface area contributed by atoms with Gasteiger partial charge in [-0.05, 0) is 30.1 Å². The van der Waals surface area contributed by atoms with Crippen LogP contribution in [0.3, 0.4) is 0 Å². The van der Waals surface area contributed by atoms with E-state index >= 15 is 0 Å². The highest BCUT2D eigenvalue weighted by Crippen LogP contribution is 2.48. The van der Waals surface area contributed by atoms with Crippen LogP contribution in [0.5, 0.6) is 0 Å². The van der Waals surface area contributed by atoms with E-state index in [1.165, 1.54) is 38.4 Å². The molecule has 0 unspecified atom stereocenters. The van der Waals surface area contributed by atoms with Crippen LogP contribution in [0.4, 0.5) is 0 Å². The molecule has 5 nitrogen and oxygen atoms in total. The van der Waals surface area contributed by atoms with E-state index in [4.69, 9.17) is 4.52 Å². The average molecular weight is 355 g/mol. The molecule has 24 heavy (non-hydrogen) atoms. The van der Waals surface area contributed by atoms with Gasteiger partial charge in [-0.3, -0.25) is 0 Å². The Morgan fingerprint density at radius 2 is 1.96 bits per heavy atom. The zero-order valence-corrected chi connectivity index (χ0v) is 15.9. The largest absolute Gasteiger partial charge is 0.361 e. The van der Waals surface area contributed by atoms with Crippen LogP contribution < -0.4 is 4.72 Å². The maximum Gasteiger partial charge on any atom is 0.208 e. The molecule has 0 aliphatic heterocycles. The highest BCUT2D eigenvalue weighted by Gasteiger charge is 2.49. The topological polar surface area (TPSA) is 72.2 Å². The fraction of sp³-hybridized carbons (Fsp3) is 0.833. The highest BCUT2D eigenvalue weighted by molar-refractivity contribution is 7.88. The molecule has 6 heteroatoms. The maximum atomic E-state index is 11.4. The van der Waals surface area contributed by atoms with Crippen LogP contribution >= 0.6 is 0 Å². The van der Waals surface area contributed by atoms with Gasteiger partial charge in [0.05, 0.1) is 11.9 Å². The van der Waals surface area contributed by atoms with E-state index in [0.717, 1.165) is 36.6 Å². The first-order chi connectivity index (χ1) is 11.2. The lowest BCUT2D eigenvalue weighted by Crippen LogP contribution is -2.58. The molecule has 2 atom stereocenters. The van der Waals surface area contributed by atoms with Crippen molar-refractivity contribution in [3.63, 3.8) is 0 Å². The fourth-order valence-electron chi connectivity index (χ4n) is 4.30. The van der Waals surface area contributed by atoms with Gasteiger partial charge in [-0.15, -0.1) is 0 Å². The molecule has 1 N–H and O–H groups in total. The van der Waals surface area contributed by atoms with E-state index in [1.54, 1.807) is 0 Å². The lowest BCUT2D eigenvalue weighted by molar-refractivity contribution is 0.0271. The predicted octanol–water partition coefficient (Wildman–Crippen LogP) is 3.30. The number of rotatable bonds is 6. The van der Waals surface area contributed by atoms with Gasteiger partial charge in [-0.1, -0.05) is 51.1 Å². The third kappa shape index (κ3) is 4.20. The fourth-order valence-corrected chi connectivity index (χ4v) is 5.21. The van der Waals surface area contributed by atoms with Gasteiger partial charge >= 0.3 is 0 Å². The van der Waals surface area contributed by atoms with Crippen molar-refractivity contribution in [1.82, 2.24) is 9.88 Å². The third-order valence-corrected chi connectivity index (χ3v) is 6.82. The Labute approximate surface area is 145 Å². The quantitative estimate of drug-likeness (QED) is 0.851. The van der Waals surface area contributed by atoms with Crippen LogP contribution in [0.2, 0.25) is 0 Å². The summed E-state index contributed by atoms with van der Waals surface area (Å²) in [5, 5.41) is 4.26. The Balaban J connectivity index is 1.54. The molecule has 2 aliphatic rings. The number of hydrogen-bond acceptors (Lipinski definition) is 4. The van der Waals surface area contributed by atoms with Gasteiger partial charge in [-0.25, -0.2) is 13.1 Å². The van der Waals surface area contributed by atoms with Crippen molar-refractivity contribution >= 4 is 10.0 Å². The molecule has 2 aliphatic carbocycles. The lowest BCUT2D eigenvalue weighted by Gasteiger charge is -2.52. The second kappa shape index (κ2) is 6.79. The predicted molar refractivity (Wildman–Crippen MR) is 94.1 cm³/mol. The van der Waals surface area contributed by atoms with Crippen molar-refractivity contribution < 1.29 is 12.9 Å². The first-order valence-electron chi connectivity index (χ1n) is 9.16. The van der Waals surface area contributed by atoms with Gasteiger partial charge in [0, 0.05) is 18.5 Å². The molecule has 1 aromatic heterocycles. The van der Waals surface area contributed by atoms with E-state index in [0.29, 0.717) is 5.92 Å². The maximum absolute atomic E-state index is 11.4. The summed E-state index contributed by atoms with van der Waals surface area (Å²) in [7, 11) is -3.15. The van der Waals surface area contributed by atoms with Gasteiger partial charge in [0.25, 0.3) is 0 Å². The van der Waals surface area contributed by atoms with Gasteiger partial charge in [0.1, 0.15) is 5.76 Å². The number of nitrogens with one attached hydrogen (secondary N) is 1. The van der Waals surface area contributed by atoms with Crippen molar-refractivity contribution in [1.29, 1.82) is 0 Å². The smallest absolute Gasteiger partial charge is 0.208 e. The van der Waals surface area contributed by atoms with Crippen LogP contribution in [0.15, 0.2) is 10.6 Å². The van der Waals surface area contributed by atoms with E-state index in [-0.39, 0.29) is 11.5 Å². The molecule has 3 rings (SSSR count). The number of sulfonamides is 1. The summed E-state index contributed by atoms with van der Waals surface area (Å²) < 4.78 is 31.2. The minimum atomic E-state index is -3.15. The van der Waals surface area contributed by atoms with E-state index in [1.807, 2.05) is 0 Å². The number of nitrogens with zero attached hydrogens (tertiary/aromatic N) is 1. The van der Waals surface area contributed by atoms with E-state index < -0.39 is 10.0 Å². The van der Waals surface area contributed by atoms with E-state index in [9.17, 15) is 8.42 Å². The normalized spacial score (nSPS) is 27.8. The molecule has 0 amide bonds. The van der Waals surface area contributed by atoms with Crippen LogP contribution in [0.25, 0.3) is 0 Å². The Bertz CT molecular complexity index is 660. The van der Waals surface area contributed by atoms with Crippen molar-refractivity contribution in [2.24, 2.45) is 17.3 Å². The van der Waals surface area contributed by atoms with Crippen molar-refractivity contribution in [2.45, 2.75) is 71.3 Å². The minimum absolute atomic E-state index is 0.0195. The summed E-state index contributed by atoms with van der Waals surface area (Å²) in [4.78, 5) is 0. The first kappa shape index (κ1) is 17.9. The second-order valence-corrected chi connectivity index (χ2v) is 10.2. The molecule has 0 aromatic carbocycles. The number of aromatic nitrogens is 1. The van der Waals surface area contributed by atoms with Crippen LogP contribution in [-0.4, -0.2) is 25.9 Å². The summed E-state index contributed by atoms with van der Waals surface area (Å²) in [6, 6.07) is 2.13. The summed E-state index contributed by atoms with van der Waals surface area (Å²) in [6.45, 7) is 4.26. The van der Waals surface area contributed by atoms with Gasteiger partial charge < -0.3 is 4.52 Å². The van der Waals surface area contributed by atoms with Crippen LogP contribution in [0.1, 0.15) is 63.8 Å². The molecular weight excluding hydrogens is 324 g/mol. The Kier molecular flexibility index (Phi) is 5.07. The van der Waals surface area contributed by atoms with Crippen molar-refractivity contribution in [3.8, 4) is 0 Å². The minimum Gasteiger partial charge on any atom is -0.361 e. The monoisotopic (exact) mass is 354 g/mol. The second-order valence-electron chi connectivity index (χ2n) is 8.39. The lowest BCUT2D eigenvalue weighted by atomic mass is 9.57. The molecule has 0 saturated heterocycles. The summed E-state index contributed by atoms with van der Waals surface area (Å²) in [6.07, 6.45) is 10.7. The zero-order valence-electron chi connectivity index (χ0n) is 15.0. The molecule has 0 spiro atoms. The molecule has 1 heterocycles. The number of hydrogen-bond donors (Lipinski definition) is 1. The van der Waals surface area contributed by atoms with Crippen LogP contribution in [-0.2, 0) is 22.9 Å². The van der Waals surface area contributed by atoms with E-state index in [2.05, 4.69) is 29.8 Å². The van der Waals surface area contributed by atoms with Gasteiger partial charge in [0.2, 0.25) is 10.0 Å². The highest BCUT2D eigenvalue weighted by atomic mass is 32.2. The van der Waals surface area contributed by atoms with Crippen molar-refractivity contribution in [3.05, 3.63) is 17.5 Å². The summed E-state index contributed by atoms with van der Waals surface area (Å²) in [5.74, 6) is 2.20. The first-order valence-corrected chi connectivity index (χ1v) is 11.0. The van der Waals surface area contributed by atoms with Crippen LogP contribution in [0, 0.1) is 17.3 Å². The Morgan fingerprint density at radius 3 is 2.58 bits per heavy atom. The molecule has 2 saturated carbocycles. The molecular formula is C18H30N2O3S. The van der Waals surface area contributed by atoms with Crippen molar-refractivity contribution in [2.75, 3.05) is 6.26 Å². The molecule has 2 fully saturated rings. The molecule has 0 radical (unpaired) electrons. The average Bonchev–Trinajstić information content (AvgIpc) is 2.93. The Morgan fingerprint density at radius 1 is 1.25 bits per heavy atom. The standard InChI is InChI=1S/C18H30N2O3S/c1-18(2)14(11-17(18)20-24(3,21)22)10-15-12-16(23-19-15)9-13-7-5-4-6-8-13/h12-14,17,20H,4-11H2,1-3H3/t14-,17+/m1/s1. The SMILES string of the molecule is CC1(C)[C@H](Cc2cc(CC3CCCCC3)on2)C[C@@H]1NS(C)(=O)=O.